The third kappa shape index (κ3) is 3.80. The SMILES string of the molecule is CC1CCC(NC(=O)c2ccc(NC3=NS(=O)(=O)c4ccccc43)cc2)CC1. The first-order valence-corrected chi connectivity index (χ1v) is 11.0. The van der Waals surface area contributed by atoms with E-state index in [1.807, 2.05) is 0 Å². The molecule has 1 aliphatic carbocycles. The van der Waals surface area contributed by atoms with E-state index in [0.29, 0.717) is 22.6 Å². The standard InChI is InChI=1S/C21H23N3O3S/c1-14-6-10-17(11-7-14)23-21(25)15-8-12-16(13-9-15)22-20-18-4-2-3-5-19(18)28(26,27)24-20/h2-5,8-9,12-14,17H,6-7,10-11H2,1H3,(H,22,24)(H,23,25). The topological polar surface area (TPSA) is 87.6 Å². The van der Waals surface area contributed by atoms with E-state index in [9.17, 15) is 13.2 Å². The average Bonchev–Trinajstić information content (AvgIpc) is 2.95. The van der Waals surface area contributed by atoms with E-state index < -0.39 is 10.0 Å². The summed E-state index contributed by atoms with van der Waals surface area (Å²) in [5.74, 6) is 0.965. The van der Waals surface area contributed by atoms with Crippen molar-refractivity contribution in [1.82, 2.24) is 5.32 Å². The van der Waals surface area contributed by atoms with E-state index in [4.69, 9.17) is 0 Å². The molecule has 2 N–H and O–H groups in total. The largest absolute Gasteiger partial charge is 0.349 e. The van der Waals surface area contributed by atoms with Gasteiger partial charge < -0.3 is 10.6 Å². The van der Waals surface area contributed by atoms with E-state index in [1.54, 1.807) is 48.5 Å². The second kappa shape index (κ2) is 7.39. The summed E-state index contributed by atoms with van der Waals surface area (Å²) in [7, 11) is -3.66. The number of nitrogens with one attached hydrogen (secondary N) is 2. The maximum absolute atomic E-state index is 12.5. The number of amidine groups is 1. The van der Waals surface area contributed by atoms with Gasteiger partial charge in [0.15, 0.2) is 5.84 Å². The molecule has 28 heavy (non-hydrogen) atoms. The van der Waals surface area contributed by atoms with Gasteiger partial charge in [-0.3, -0.25) is 4.79 Å². The second-order valence-electron chi connectivity index (χ2n) is 7.54. The summed E-state index contributed by atoms with van der Waals surface area (Å²) >= 11 is 0. The molecule has 0 bridgehead atoms. The maximum atomic E-state index is 12.5. The molecule has 1 amide bonds. The van der Waals surface area contributed by atoms with Crippen molar-refractivity contribution in [2.45, 2.75) is 43.5 Å². The van der Waals surface area contributed by atoms with Crippen LogP contribution in [0.25, 0.3) is 0 Å². The molecule has 4 rings (SSSR count). The summed E-state index contributed by atoms with van der Waals surface area (Å²) in [6.45, 7) is 2.25. The van der Waals surface area contributed by atoms with Gasteiger partial charge in [-0.25, -0.2) is 0 Å². The zero-order chi connectivity index (χ0) is 19.7. The summed E-state index contributed by atoms with van der Waals surface area (Å²) in [4.78, 5) is 12.7. The van der Waals surface area contributed by atoms with E-state index in [-0.39, 0.29) is 16.8 Å². The lowest BCUT2D eigenvalue weighted by Crippen LogP contribution is -2.37. The molecule has 0 spiro atoms. The Kier molecular flexibility index (Phi) is 4.93. The molecule has 0 radical (unpaired) electrons. The number of sulfonamides is 1. The predicted octanol–water partition coefficient (Wildman–Crippen LogP) is 3.56. The minimum Gasteiger partial charge on any atom is -0.349 e. The van der Waals surface area contributed by atoms with Crippen molar-refractivity contribution in [2.24, 2.45) is 10.3 Å². The van der Waals surface area contributed by atoms with Gasteiger partial charge in [-0.05, 0) is 68.0 Å². The van der Waals surface area contributed by atoms with E-state index in [1.165, 1.54) is 0 Å². The number of carbonyl (C=O) groups excluding carboxylic acids is 1. The summed E-state index contributed by atoms with van der Waals surface area (Å²) in [6.07, 6.45) is 4.36. The van der Waals surface area contributed by atoms with Gasteiger partial charge in [0.1, 0.15) is 4.90 Å². The third-order valence-corrected chi connectivity index (χ3v) is 6.73. The minimum atomic E-state index is -3.66. The summed E-state index contributed by atoms with van der Waals surface area (Å²) in [6, 6.07) is 13.9. The third-order valence-electron chi connectivity index (χ3n) is 5.39. The van der Waals surface area contributed by atoms with Crippen LogP contribution < -0.4 is 10.6 Å². The Morgan fingerprint density at radius 2 is 1.68 bits per heavy atom. The number of fused-ring (bicyclic) bond motifs is 1. The fourth-order valence-corrected chi connectivity index (χ4v) is 4.89. The molecular weight excluding hydrogens is 374 g/mol. The van der Waals surface area contributed by atoms with Gasteiger partial charge in [0.05, 0.1) is 0 Å². The highest BCUT2D eigenvalue weighted by Gasteiger charge is 2.28. The van der Waals surface area contributed by atoms with E-state index in [2.05, 4.69) is 22.0 Å². The molecule has 2 aliphatic rings. The Hall–Kier alpha value is -2.67. The van der Waals surface area contributed by atoms with Gasteiger partial charge in [-0.15, -0.1) is 4.40 Å². The van der Waals surface area contributed by atoms with Crippen molar-refractivity contribution >= 4 is 27.5 Å². The van der Waals surface area contributed by atoms with Gasteiger partial charge in [0.25, 0.3) is 15.9 Å². The average molecular weight is 398 g/mol. The summed E-state index contributed by atoms with van der Waals surface area (Å²) < 4.78 is 28.1. The van der Waals surface area contributed by atoms with Crippen molar-refractivity contribution < 1.29 is 13.2 Å². The van der Waals surface area contributed by atoms with Crippen LogP contribution in [0.2, 0.25) is 0 Å². The quantitative estimate of drug-likeness (QED) is 0.829. The lowest BCUT2D eigenvalue weighted by molar-refractivity contribution is 0.0923. The molecule has 0 saturated heterocycles. The molecule has 1 saturated carbocycles. The lowest BCUT2D eigenvalue weighted by Gasteiger charge is -2.26. The smallest absolute Gasteiger partial charge is 0.285 e. The van der Waals surface area contributed by atoms with Crippen LogP contribution in [-0.2, 0) is 10.0 Å². The van der Waals surface area contributed by atoms with Crippen molar-refractivity contribution in [3.05, 3.63) is 59.7 Å². The lowest BCUT2D eigenvalue weighted by atomic mass is 9.87. The van der Waals surface area contributed by atoms with Crippen LogP contribution in [0.1, 0.15) is 48.5 Å². The van der Waals surface area contributed by atoms with Crippen LogP contribution in [0.5, 0.6) is 0 Å². The molecule has 2 aromatic carbocycles. The number of amides is 1. The van der Waals surface area contributed by atoms with Gasteiger partial charge >= 0.3 is 0 Å². The zero-order valence-corrected chi connectivity index (χ0v) is 16.5. The van der Waals surface area contributed by atoms with Gasteiger partial charge in [0.2, 0.25) is 0 Å². The first-order valence-electron chi connectivity index (χ1n) is 9.55. The molecule has 1 fully saturated rings. The molecule has 2 aromatic rings. The second-order valence-corrected chi connectivity index (χ2v) is 9.12. The Morgan fingerprint density at radius 3 is 2.39 bits per heavy atom. The maximum Gasteiger partial charge on any atom is 0.285 e. The van der Waals surface area contributed by atoms with Crippen LogP contribution in [0.15, 0.2) is 57.8 Å². The predicted molar refractivity (Wildman–Crippen MR) is 109 cm³/mol. The van der Waals surface area contributed by atoms with Gasteiger partial charge in [-0.1, -0.05) is 19.1 Å². The fraction of sp³-hybridized carbons (Fsp3) is 0.333. The highest BCUT2D eigenvalue weighted by Crippen LogP contribution is 2.27. The molecule has 0 aromatic heterocycles. The molecular formula is C21H23N3O3S. The van der Waals surface area contributed by atoms with Crippen LogP contribution in [0, 0.1) is 5.92 Å². The normalized spacial score (nSPS) is 22.8. The van der Waals surface area contributed by atoms with Crippen LogP contribution >= 0.6 is 0 Å². The molecule has 146 valence electrons. The Morgan fingerprint density at radius 1 is 1.00 bits per heavy atom. The van der Waals surface area contributed by atoms with Gasteiger partial charge in [0, 0.05) is 22.9 Å². The number of rotatable bonds is 3. The van der Waals surface area contributed by atoms with Crippen LogP contribution in [0.4, 0.5) is 5.69 Å². The molecule has 0 unspecified atom stereocenters. The van der Waals surface area contributed by atoms with Crippen molar-refractivity contribution in [3.63, 3.8) is 0 Å². The Balaban J connectivity index is 1.44. The number of benzene rings is 2. The number of carbonyl (C=O) groups is 1. The van der Waals surface area contributed by atoms with Gasteiger partial charge in [-0.2, -0.15) is 8.42 Å². The van der Waals surface area contributed by atoms with E-state index in [0.717, 1.165) is 31.6 Å². The number of anilines is 1. The molecule has 7 heteroatoms. The number of hydrogen-bond acceptors (Lipinski definition) is 4. The van der Waals surface area contributed by atoms with Crippen molar-refractivity contribution in [1.29, 1.82) is 0 Å². The Bertz CT molecular complexity index is 1020. The fourth-order valence-electron chi connectivity index (χ4n) is 3.71. The molecule has 1 heterocycles. The van der Waals surface area contributed by atoms with E-state index >= 15 is 0 Å². The first-order chi connectivity index (χ1) is 13.4. The van der Waals surface area contributed by atoms with Crippen molar-refractivity contribution in [2.75, 3.05) is 5.32 Å². The first kappa shape index (κ1) is 18.7. The summed E-state index contributed by atoms with van der Waals surface area (Å²) in [5, 5.41) is 6.15. The number of nitrogens with zero attached hydrogens (tertiary/aromatic N) is 1. The van der Waals surface area contributed by atoms with Crippen LogP contribution in [-0.4, -0.2) is 26.2 Å². The number of hydrogen-bond donors (Lipinski definition) is 2. The summed E-state index contributed by atoms with van der Waals surface area (Å²) in [5.41, 5.74) is 1.81. The highest BCUT2D eigenvalue weighted by atomic mass is 32.2. The van der Waals surface area contributed by atoms with Crippen LogP contribution in [0.3, 0.4) is 0 Å². The molecule has 6 nitrogen and oxygen atoms in total. The Labute approximate surface area is 165 Å². The minimum absolute atomic E-state index is 0.0720. The zero-order valence-electron chi connectivity index (χ0n) is 15.7. The molecule has 0 atom stereocenters. The molecule has 1 aliphatic heterocycles. The van der Waals surface area contributed by atoms with Crippen molar-refractivity contribution in [3.8, 4) is 0 Å². The monoisotopic (exact) mass is 397 g/mol. The highest BCUT2D eigenvalue weighted by molar-refractivity contribution is 7.90.